The van der Waals surface area contributed by atoms with Gasteiger partial charge in [0.25, 0.3) is 0 Å². The van der Waals surface area contributed by atoms with Gasteiger partial charge in [-0.2, -0.15) is 0 Å². The topological polar surface area (TPSA) is 72.2 Å². The molecule has 3 N–H and O–H groups in total. The van der Waals surface area contributed by atoms with Crippen LogP contribution in [-0.4, -0.2) is 15.0 Å². The van der Waals surface area contributed by atoms with Crippen LogP contribution in [0.25, 0.3) is 0 Å². The molecule has 0 saturated heterocycles. The number of nitrogens with one attached hydrogen (secondary N) is 1. The van der Waals surface area contributed by atoms with Crippen molar-refractivity contribution in [1.29, 1.82) is 0 Å². The first-order valence-electron chi connectivity index (χ1n) is 5.78. The highest BCUT2D eigenvalue weighted by molar-refractivity contribution is 7.89. The van der Waals surface area contributed by atoms with Crippen molar-refractivity contribution in [1.82, 2.24) is 4.72 Å². The lowest BCUT2D eigenvalue weighted by Crippen LogP contribution is -2.27. The first kappa shape index (κ1) is 16.5. The third kappa shape index (κ3) is 4.08. The van der Waals surface area contributed by atoms with E-state index in [1.807, 2.05) is 0 Å². The predicted molar refractivity (Wildman–Crippen MR) is 84.0 cm³/mol. The van der Waals surface area contributed by atoms with Crippen LogP contribution in [0.1, 0.15) is 4.88 Å². The van der Waals surface area contributed by atoms with E-state index >= 15 is 0 Å². The molecule has 0 fully saturated rings. The zero-order valence-corrected chi connectivity index (χ0v) is 13.7. The molecule has 0 bridgehead atoms. The average Bonchev–Trinajstić information content (AvgIpc) is 2.79. The van der Waals surface area contributed by atoms with Crippen LogP contribution in [0.15, 0.2) is 29.2 Å². The third-order valence-corrected chi connectivity index (χ3v) is 5.58. The lowest BCUT2D eigenvalue weighted by molar-refractivity contribution is 0.559. The highest BCUT2D eigenvalue weighted by atomic mass is 35.5. The maximum atomic E-state index is 13.8. The van der Waals surface area contributed by atoms with Crippen molar-refractivity contribution in [3.8, 4) is 0 Å². The number of benzene rings is 1. The van der Waals surface area contributed by atoms with Crippen LogP contribution in [0.4, 0.5) is 10.1 Å². The van der Waals surface area contributed by atoms with Crippen molar-refractivity contribution in [2.75, 3.05) is 12.3 Å². The van der Waals surface area contributed by atoms with E-state index in [1.54, 1.807) is 12.1 Å². The minimum absolute atomic E-state index is 0.0549. The lowest BCUT2D eigenvalue weighted by atomic mass is 10.3. The molecule has 1 aromatic heterocycles. The second kappa shape index (κ2) is 6.50. The maximum absolute atomic E-state index is 13.8. The first-order chi connectivity index (χ1) is 9.79. The minimum Gasteiger partial charge on any atom is -0.396 e. The third-order valence-electron chi connectivity index (χ3n) is 2.61. The molecule has 9 heteroatoms. The van der Waals surface area contributed by atoms with E-state index in [9.17, 15) is 12.8 Å². The Morgan fingerprint density at radius 2 is 2.00 bits per heavy atom. The summed E-state index contributed by atoms with van der Waals surface area (Å²) in [4.78, 5) is 0.366. The number of nitrogens with two attached hydrogens (primary N) is 1. The van der Waals surface area contributed by atoms with Gasteiger partial charge in [-0.3, -0.25) is 0 Å². The van der Waals surface area contributed by atoms with Gasteiger partial charge < -0.3 is 5.73 Å². The quantitative estimate of drug-likeness (QED) is 0.795. The van der Waals surface area contributed by atoms with E-state index in [-0.39, 0.29) is 17.3 Å². The van der Waals surface area contributed by atoms with Crippen LogP contribution in [0.3, 0.4) is 0 Å². The zero-order valence-electron chi connectivity index (χ0n) is 10.6. The second-order valence-electron chi connectivity index (χ2n) is 4.16. The molecule has 1 heterocycles. The van der Waals surface area contributed by atoms with E-state index in [0.29, 0.717) is 10.8 Å². The Morgan fingerprint density at radius 1 is 1.29 bits per heavy atom. The van der Waals surface area contributed by atoms with Crippen molar-refractivity contribution in [2.45, 2.75) is 11.3 Å². The van der Waals surface area contributed by atoms with Gasteiger partial charge >= 0.3 is 0 Å². The predicted octanol–water partition coefficient (Wildman–Crippen LogP) is 3.30. The van der Waals surface area contributed by atoms with Crippen molar-refractivity contribution < 1.29 is 12.8 Å². The van der Waals surface area contributed by atoms with Crippen LogP contribution in [0.2, 0.25) is 9.36 Å². The molecule has 114 valence electrons. The minimum atomic E-state index is -4.02. The van der Waals surface area contributed by atoms with Gasteiger partial charge in [-0.1, -0.05) is 23.2 Å². The lowest BCUT2D eigenvalue weighted by Gasteiger charge is -2.09. The first-order valence-corrected chi connectivity index (χ1v) is 8.83. The van der Waals surface area contributed by atoms with Gasteiger partial charge in [0, 0.05) is 16.4 Å². The Bertz CT molecular complexity index is 763. The standard InChI is InChI=1S/C12H11Cl2FN2O2S2/c13-7-5-9(16)12(15)10(6-7)21(18,19)17-4-3-8-1-2-11(14)20-8/h1-2,5-6,17H,3-4,16H2. The Labute approximate surface area is 135 Å². The normalized spacial score (nSPS) is 11.8. The summed E-state index contributed by atoms with van der Waals surface area (Å²) in [7, 11) is -4.02. The number of thiophene rings is 1. The molecule has 2 rings (SSSR count). The number of nitrogen functional groups attached to an aromatic ring is 1. The summed E-state index contributed by atoms with van der Waals surface area (Å²) in [5.41, 5.74) is 5.06. The van der Waals surface area contributed by atoms with E-state index in [1.165, 1.54) is 11.3 Å². The van der Waals surface area contributed by atoms with E-state index in [4.69, 9.17) is 28.9 Å². The van der Waals surface area contributed by atoms with Gasteiger partial charge in [0.1, 0.15) is 4.90 Å². The number of rotatable bonds is 5. The molecule has 21 heavy (non-hydrogen) atoms. The number of sulfonamides is 1. The molecular weight excluding hydrogens is 358 g/mol. The van der Waals surface area contributed by atoms with Crippen LogP contribution in [0.5, 0.6) is 0 Å². The zero-order chi connectivity index (χ0) is 15.6. The molecule has 0 amide bonds. The fourth-order valence-corrected chi connectivity index (χ4v) is 4.19. The van der Waals surface area contributed by atoms with Gasteiger partial charge in [0.2, 0.25) is 10.0 Å². The number of hydrogen-bond acceptors (Lipinski definition) is 4. The molecule has 1 aromatic carbocycles. The van der Waals surface area contributed by atoms with E-state index in [2.05, 4.69) is 4.72 Å². The molecule has 0 unspecified atom stereocenters. The summed E-state index contributed by atoms with van der Waals surface area (Å²) in [6, 6.07) is 5.72. The summed E-state index contributed by atoms with van der Waals surface area (Å²) in [6.45, 7) is 0.116. The Balaban J connectivity index is 2.12. The molecule has 0 aliphatic carbocycles. The summed E-state index contributed by atoms with van der Waals surface area (Å²) in [5.74, 6) is -1.01. The molecule has 0 radical (unpaired) electrons. The summed E-state index contributed by atoms with van der Waals surface area (Å²) in [5, 5.41) is 0.0549. The van der Waals surface area contributed by atoms with Crippen molar-refractivity contribution in [2.24, 2.45) is 0 Å². The Morgan fingerprint density at radius 3 is 2.62 bits per heavy atom. The van der Waals surface area contributed by atoms with E-state index in [0.717, 1.165) is 17.0 Å². The molecule has 0 spiro atoms. The van der Waals surface area contributed by atoms with Gasteiger partial charge in [-0.25, -0.2) is 17.5 Å². The largest absolute Gasteiger partial charge is 0.396 e. The monoisotopic (exact) mass is 368 g/mol. The fraction of sp³-hybridized carbons (Fsp3) is 0.167. The highest BCUT2D eigenvalue weighted by Crippen LogP contribution is 2.25. The fourth-order valence-electron chi connectivity index (χ4n) is 1.65. The van der Waals surface area contributed by atoms with Crippen LogP contribution in [0, 0.1) is 5.82 Å². The SMILES string of the molecule is Nc1cc(Cl)cc(S(=O)(=O)NCCc2ccc(Cl)s2)c1F. The Hall–Kier alpha value is -0.860. The molecule has 0 aliphatic rings. The summed E-state index contributed by atoms with van der Waals surface area (Å²) >= 11 is 12.8. The van der Waals surface area contributed by atoms with Crippen LogP contribution < -0.4 is 10.5 Å². The van der Waals surface area contributed by atoms with Gasteiger partial charge in [-0.05, 0) is 30.7 Å². The highest BCUT2D eigenvalue weighted by Gasteiger charge is 2.21. The number of hydrogen-bond donors (Lipinski definition) is 2. The molecular formula is C12H11Cl2FN2O2S2. The molecule has 0 atom stereocenters. The van der Waals surface area contributed by atoms with Gasteiger partial charge in [0.05, 0.1) is 10.0 Å². The smallest absolute Gasteiger partial charge is 0.243 e. The van der Waals surface area contributed by atoms with Crippen molar-refractivity contribution in [3.63, 3.8) is 0 Å². The van der Waals surface area contributed by atoms with Crippen LogP contribution in [-0.2, 0) is 16.4 Å². The van der Waals surface area contributed by atoms with E-state index < -0.39 is 20.7 Å². The number of anilines is 1. The van der Waals surface area contributed by atoms with Crippen molar-refractivity contribution in [3.05, 3.63) is 44.3 Å². The van der Waals surface area contributed by atoms with Gasteiger partial charge in [-0.15, -0.1) is 11.3 Å². The molecule has 4 nitrogen and oxygen atoms in total. The van der Waals surface area contributed by atoms with Crippen molar-refractivity contribution >= 4 is 50.2 Å². The van der Waals surface area contributed by atoms with Gasteiger partial charge in [0.15, 0.2) is 5.82 Å². The average molecular weight is 369 g/mol. The van der Waals surface area contributed by atoms with Crippen LogP contribution >= 0.6 is 34.5 Å². The maximum Gasteiger partial charge on any atom is 0.243 e. The molecule has 0 aliphatic heterocycles. The molecule has 0 saturated carbocycles. The number of halogens is 3. The Kier molecular flexibility index (Phi) is 5.11. The summed E-state index contributed by atoms with van der Waals surface area (Å²) < 4.78 is 40.9. The molecule has 2 aromatic rings. The second-order valence-corrected chi connectivity index (χ2v) is 8.13. The summed E-state index contributed by atoms with van der Waals surface area (Å²) in [6.07, 6.45) is 0.453.